The van der Waals surface area contributed by atoms with E-state index in [0.29, 0.717) is 18.0 Å². The van der Waals surface area contributed by atoms with Crippen molar-refractivity contribution < 1.29 is 14.1 Å². The predicted molar refractivity (Wildman–Crippen MR) is 71.1 cm³/mol. The molecule has 5 heteroatoms. The quantitative estimate of drug-likeness (QED) is 0.847. The maximum atomic E-state index is 11.9. The van der Waals surface area contributed by atoms with Gasteiger partial charge < -0.3 is 14.2 Å². The molecule has 1 aromatic heterocycles. The zero-order chi connectivity index (χ0) is 13.8. The Balaban J connectivity index is 2.22. The van der Waals surface area contributed by atoms with Gasteiger partial charge in [-0.1, -0.05) is 5.16 Å². The Morgan fingerprint density at radius 2 is 2.05 bits per heavy atom. The first kappa shape index (κ1) is 13.1. The molecule has 1 heterocycles. The van der Waals surface area contributed by atoms with Gasteiger partial charge in [0.15, 0.2) is 11.5 Å². The summed E-state index contributed by atoms with van der Waals surface area (Å²) in [4.78, 5) is 13.5. The lowest BCUT2D eigenvalue weighted by Crippen LogP contribution is -2.26. The Morgan fingerprint density at radius 1 is 1.37 bits per heavy atom. The molecule has 0 aliphatic carbocycles. The number of carbonyl (C=O) groups excluding carboxylic acids is 1. The largest absolute Gasteiger partial charge is 0.497 e. The summed E-state index contributed by atoms with van der Waals surface area (Å²) >= 11 is 0. The molecular weight excluding hydrogens is 244 g/mol. The van der Waals surface area contributed by atoms with Gasteiger partial charge in [0.1, 0.15) is 5.75 Å². The number of nitrogens with zero attached hydrogens (tertiary/aromatic N) is 2. The number of rotatable bonds is 4. The molecule has 0 saturated heterocycles. The molecule has 1 aromatic carbocycles. The highest BCUT2D eigenvalue weighted by Gasteiger charge is 2.16. The third-order valence-corrected chi connectivity index (χ3v) is 2.92. The minimum Gasteiger partial charge on any atom is -0.497 e. The highest BCUT2D eigenvalue weighted by atomic mass is 16.5. The zero-order valence-electron chi connectivity index (χ0n) is 11.2. The number of hydrogen-bond acceptors (Lipinski definition) is 4. The molecule has 0 fully saturated rings. The van der Waals surface area contributed by atoms with Crippen LogP contribution in [0.2, 0.25) is 0 Å². The predicted octanol–water partition coefficient (Wildman–Crippen LogP) is 2.44. The first-order chi connectivity index (χ1) is 9.15. The van der Waals surface area contributed by atoms with Gasteiger partial charge in [0.2, 0.25) is 0 Å². The molecule has 0 bridgehead atoms. The van der Waals surface area contributed by atoms with E-state index in [0.717, 1.165) is 11.3 Å². The lowest BCUT2D eigenvalue weighted by Gasteiger charge is -2.11. The van der Waals surface area contributed by atoms with E-state index < -0.39 is 0 Å². The summed E-state index contributed by atoms with van der Waals surface area (Å²) in [5, 5.41) is 3.81. The van der Waals surface area contributed by atoms with Gasteiger partial charge in [0.05, 0.1) is 7.11 Å². The van der Waals surface area contributed by atoms with Crippen molar-refractivity contribution in [3.63, 3.8) is 0 Å². The Labute approximate surface area is 111 Å². The molecule has 0 aliphatic heterocycles. The lowest BCUT2D eigenvalue weighted by atomic mass is 10.1. The maximum Gasteiger partial charge on any atom is 0.275 e. The smallest absolute Gasteiger partial charge is 0.275 e. The average molecular weight is 260 g/mol. The van der Waals surface area contributed by atoms with Gasteiger partial charge in [-0.25, -0.2) is 0 Å². The Morgan fingerprint density at radius 3 is 2.63 bits per heavy atom. The second kappa shape index (κ2) is 5.56. The molecule has 0 unspecified atom stereocenters. The molecule has 0 spiro atoms. The van der Waals surface area contributed by atoms with Crippen LogP contribution in [0, 0.1) is 0 Å². The molecule has 0 N–H and O–H groups in total. The molecule has 19 heavy (non-hydrogen) atoms. The number of aromatic nitrogens is 1. The van der Waals surface area contributed by atoms with Crippen LogP contribution in [0.3, 0.4) is 0 Å². The summed E-state index contributed by atoms with van der Waals surface area (Å²) in [5.74, 6) is 1.19. The third-order valence-electron chi connectivity index (χ3n) is 2.92. The third kappa shape index (κ3) is 2.76. The van der Waals surface area contributed by atoms with Crippen LogP contribution in [0.5, 0.6) is 5.75 Å². The Kier molecular flexibility index (Phi) is 3.85. The van der Waals surface area contributed by atoms with E-state index in [2.05, 4.69) is 5.16 Å². The summed E-state index contributed by atoms with van der Waals surface area (Å²) in [6.07, 6.45) is 0. The summed E-state index contributed by atoms with van der Waals surface area (Å²) < 4.78 is 10.3. The molecule has 100 valence electrons. The molecule has 0 radical (unpaired) electrons. The van der Waals surface area contributed by atoms with E-state index in [4.69, 9.17) is 9.26 Å². The van der Waals surface area contributed by atoms with Crippen LogP contribution < -0.4 is 4.74 Å². The number of methoxy groups -OCH3 is 1. The van der Waals surface area contributed by atoms with Crippen molar-refractivity contribution in [2.45, 2.75) is 6.92 Å². The van der Waals surface area contributed by atoms with Gasteiger partial charge >= 0.3 is 0 Å². The van der Waals surface area contributed by atoms with Crippen molar-refractivity contribution in [3.8, 4) is 17.1 Å². The Bertz CT molecular complexity index is 560. The number of benzene rings is 1. The van der Waals surface area contributed by atoms with Gasteiger partial charge in [0.25, 0.3) is 5.91 Å². The number of amides is 1. The van der Waals surface area contributed by atoms with E-state index in [1.807, 2.05) is 31.2 Å². The van der Waals surface area contributed by atoms with Crippen LogP contribution in [-0.4, -0.2) is 36.7 Å². The SMILES string of the molecule is CCN(C)C(=O)c1cc(-c2ccc(OC)cc2)on1. The Hall–Kier alpha value is -2.30. The van der Waals surface area contributed by atoms with Crippen molar-refractivity contribution in [2.75, 3.05) is 20.7 Å². The number of carbonyl (C=O) groups is 1. The molecular formula is C14H16N2O3. The summed E-state index contributed by atoms with van der Waals surface area (Å²) in [6, 6.07) is 9.03. The maximum absolute atomic E-state index is 11.9. The van der Waals surface area contributed by atoms with Crippen molar-refractivity contribution in [1.82, 2.24) is 10.1 Å². The standard InChI is InChI=1S/C14H16N2O3/c1-4-16(2)14(17)12-9-13(19-15-12)10-5-7-11(18-3)8-6-10/h5-9H,4H2,1-3H3. The molecule has 5 nitrogen and oxygen atoms in total. The second-order valence-corrected chi connectivity index (χ2v) is 4.12. The highest BCUT2D eigenvalue weighted by Crippen LogP contribution is 2.23. The molecule has 2 aromatic rings. The van der Waals surface area contributed by atoms with Crippen molar-refractivity contribution in [3.05, 3.63) is 36.0 Å². The first-order valence-electron chi connectivity index (χ1n) is 6.02. The molecule has 1 amide bonds. The fourth-order valence-electron chi connectivity index (χ4n) is 1.61. The van der Waals surface area contributed by atoms with E-state index in [-0.39, 0.29) is 5.91 Å². The van der Waals surface area contributed by atoms with Crippen LogP contribution in [-0.2, 0) is 0 Å². The van der Waals surface area contributed by atoms with Gasteiger partial charge in [-0.3, -0.25) is 4.79 Å². The lowest BCUT2D eigenvalue weighted by molar-refractivity contribution is 0.0792. The van der Waals surface area contributed by atoms with Crippen LogP contribution >= 0.6 is 0 Å². The first-order valence-corrected chi connectivity index (χ1v) is 6.02. The number of ether oxygens (including phenoxy) is 1. The van der Waals surface area contributed by atoms with E-state index in [1.54, 1.807) is 25.1 Å². The second-order valence-electron chi connectivity index (χ2n) is 4.12. The van der Waals surface area contributed by atoms with Crippen LogP contribution in [0.4, 0.5) is 0 Å². The van der Waals surface area contributed by atoms with Crippen molar-refractivity contribution >= 4 is 5.91 Å². The minimum absolute atomic E-state index is 0.147. The number of hydrogen-bond donors (Lipinski definition) is 0. The van der Waals surface area contributed by atoms with E-state index in [9.17, 15) is 4.79 Å². The monoisotopic (exact) mass is 260 g/mol. The van der Waals surface area contributed by atoms with Crippen molar-refractivity contribution in [1.29, 1.82) is 0 Å². The summed E-state index contributed by atoms with van der Waals surface area (Å²) in [5.41, 5.74) is 1.17. The normalized spacial score (nSPS) is 10.3. The van der Waals surface area contributed by atoms with Gasteiger partial charge in [-0.15, -0.1) is 0 Å². The molecule has 0 atom stereocenters. The highest BCUT2D eigenvalue weighted by molar-refractivity contribution is 5.92. The van der Waals surface area contributed by atoms with E-state index >= 15 is 0 Å². The fourth-order valence-corrected chi connectivity index (χ4v) is 1.61. The average Bonchev–Trinajstić information content (AvgIpc) is 2.95. The summed E-state index contributed by atoms with van der Waals surface area (Å²) in [6.45, 7) is 2.53. The minimum atomic E-state index is -0.147. The van der Waals surface area contributed by atoms with Gasteiger partial charge in [-0.2, -0.15) is 0 Å². The topological polar surface area (TPSA) is 55.6 Å². The van der Waals surface area contributed by atoms with E-state index in [1.165, 1.54) is 0 Å². The summed E-state index contributed by atoms with van der Waals surface area (Å²) in [7, 11) is 3.34. The van der Waals surface area contributed by atoms with Crippen LogP contribution in [0.15, 0.2) is 34.9 Å². The molecule has 0 saturated carbocycles. The van der Waals surface area contributed by atoms with Crippen LogP contribution in [0.1, 0.15) is 17.4 Å². The molecule has 2 rings (SSSR count). The van der Waals surface area contributed by atoms with Gasteiger partial charge in [0, 0.05) is 25.2 Å². The van der Waals surface area contributed by atoms with Crippen molar-refractivity contribution in [2.24, 2.45) is 0 Å². The fraction of sp³-hybridized carbons (Fsp3) is 0.286. The van der Waals surface area contributed by atoms with Crippen LogP contribution in [0.25, 0.3) is 11.3 Å². The zero-order valence-corrected chi connectivity index (χ0v) is 11.2. The van der Waals surface area contributed by atoms with Gasteiger partial charge in [-0.05, 0) is 31.2 Å². The molecule has 0 aliphatic rings.